The van der Waals surface area contributed by atoms with Crippen molar-refractivity contribution in [3.63, 3.8) is 0 Å². The van der Waals surface area contributed by atoms with E-state index in [1.54, 1.807) is 12.3 Å². The van der Waals surface area contributed by atoms with Gasteiger partial charge in [0, 0.05) is 17.8 Å². The molecule has 1 heterocycles. The summed E-state index contributed by atoms with van der Waals surface area (Å²) in [5, 5.41) is 3.36. The van der Waals surface area contributed by atoms with Crippen LogP contribution in [0, 0.1) is 11.7 Å². The molecule has 0 bridgehead atoms. The highest BCUT2D eigenvalue weighted by Gasteiger charge is 2.20. The smallest absolute Gasteiger partial charge is 0.146 e. The second-order valence-corrected chi connectivity index (χ2v) is 4.20. The van der Waals surface area contributed by atoms with Crippen LogP contribution in [0.3, 0.4) is 0 Å². The Balaban J connectivity index is 2.88. The molecule has 1 aromatic rings. The van der Waals surface area contributed by atoms with Gasteiger partial charge in [0.15, 0.2) is 0 Å². The van der Waals surface area contributed by atoms with Crippen LogP contribution in [0.4, 0.5) is 4.39 Å². The first kappa shape index (κ1) is 13.1. The van der Waals surface area contributed by atoms with E-state index in [1.165, 1.54) is 6.20 Å². The predicted octanol–water partition coefficient (Wildman–Crippen LogP) is 3.31. The number of aromatic nitrogens is 1. The molecule has 0 aliphatic heterocycles. The molecule has 2 atom stereocenters. The maximum absolute atomic E-state index is 13.7. The summed E-state index contributed by atoms with van der Waals surface area (Å²) in [5.74, 6) is 0.221. The van der Waals surface area contributed by atoms with Crippen LogP contribution < -0.4 is 5.32 Å². The molecule has 0 amide bonds. The molecular formula is C13H21FN2. The lowest BCUT2D eigenvalue weighted by Gasteiger charge is -2.25. The minimum absolute atomic E-state index is 0.0907. The number of nitrogens with zero attached hydrogens (tertiary/aromatic N) is 1. The summed E-state index contributed by atoms with van der Waals surface area (Å²) in [6.07, 6.45) is 5.16. The Morgan fingerprint density at radius 1 is 1.44 bits per heavy atom. The van der Waals surface area contributed by atoms with Gasteiger partial charge in [0.25, 0.3) is 0 Å². The highest BCUT2D eigenvalue weighted by molar-refractivity contribution is 5.18. The number of hydrogen-bond acceptors (Lipinski definition) is 2. The van der Waals surface area contributed by atoms with E-state index < -0.39 is 0 Å². The first-order chi connectivity index (χ1) is 7.70. The second-order valence-electron chi connectivity index (χ2n) is 4.20. The van der Waals surface area contributed by atoms with Gasteiger partial charge in [-0.2, -0.15) is 0 Å². The molecule has 1 rings (SSSR count). The molecule has 2 nitrogen and oxygen atoms in total. The van der Waals surface area contributed by atoms with E-state index in [9.17, 15) is 4.39 Å². The predicted molar refractivity (Wildman–Crippen MR) is 64.7 cm³/mol. The highest BCUT2D eigenvalue weighted by atomic mass is 19.1. The van der Waals surface area contributed by atoms with Crippen LogP contribution in [0.5, 0.6) is 0 Å². The monoisotopic (exact) mass is 224 g/mol. The Bertz CT molecular complexity index is 315. The molecule has 0 saturated carbocycles. The quantitative estimate of drug-likeness (QED) is 0.802. The van der Waals surface area contributed by atoms with Crippen molar-refractivity contribution in [3.8, 4) is 0 Å². The van der Waals surface area contributed by atoms with Gasteiger partial charge in [0.05, 0.1) is 6.20 Å². The maximum atomic E-state index is 13.7. The first-order valence-electron chi connectivity index (χ1n) is 6.03. The van der Waals surface area contributed by atoms with Crippen LogP contribution >= 0.6 is 0 Å². The van der Waals surface area contributed by atoms with Crippen LogP contribution in [0.1, 0.15) is 45.2 Å². The van der Waals surface area contributed by atoms with E-state index in [0.29, 0.717) is 5.92 Å². The molecule has 0 aliphatic carbocycles. The summed E-state index contributed by atoms with van der Waals surface area (Å²) >= 11 is 0. The van der Waals surface area contributed by atoms with E-state index in [1.807, 2.05) is 6.92 Å². The summed E-state index contributed by atoms with van der Waals surface area (Å²) < 4.78 is 13.7. The zero-order valence-electron chi connectivity index (χ0n) is 10.3. The van der Waals surface area contributed by atoms with E-state index in [2.05, 4.69) is 24.1 Å². The molecular weight excluding hydrogens is 203 g/mol. The van der Waals surface area contributed by atoms with Crippen LogP contribution in [0.2, 0.25) is 0 Å². The van der Waals surface area contributed by atoms with Crippen molar-refractivity contribution in [3.05, 3.63) is 29.8 Å². The van der Waals surface area contributed by atoms with Gasteiger partial charge in [-0.15, -0.1) is 0 Å². The molecule has 16 heavy (non-hydrogen) atoms. The third kappa shape index (κ3) is 3.27. The van der Waals surface area contributed by atoms with Crippen molar-refractivity contribution >= 4 is 0 Å². The lowest BCUT2D eigenvalue weighted by atomic mass is 9.91. The van der Waals surface area contributed by atoms with Crippen molar-refractivity contribution in [2.45, 2.75) is 39.7 Å². The molecule has 1 aromatic heterocycles. The molecule has 0 aliphatic rings. The molecule has 0 saturated heterocycles. The van der Waals surface area contributed by atoms with Gasteiger partial charge >= 0.3 is 0 Å². The topological polar surface area (TPSA) is 24.9 Å². The summed E-state index contributed by atoms with van der Waals surface area (Å²) in [7, 11) is 0. The van der Waals surface area contributed by atoms with Crippen LogP contribution in [0.15, 0.2) is 18.5 Å². The highest BCUT2D eigenvalue weighted by Crippen LogP contribution is 2.26. The Labute approximate surface area is 97.3 Å². The largest absolute Gasteiger partial charge is 0.310 e. The molecule has 0 aromatic carbocycles. The minimum Gasteiger partial charge on any atom is -0.310 e. The molecule has 0 spiro atoms. The van der Waals surface area contributed by atoms with Gasteiger partial charge in [-0.05, 0) is 24.9 Å². The second kappa shape index (κ2) is 6.59. The Hall–Kier alpha value is -0.960. The Morgan fingerprint density at radius 2 is 2.19 bits per heavy atom. The van der Waals surface area contributed by atoms with Crippen LogP contribution in [-0.4, -0.2) is 11.5 Å². The van der Waals surface area contributed by atoms with Gasteiger partial charge < -0.3 is 5.32 Å². The van der Waals surface area contributed by atoms with E-state index in [0.717, 1.165) is 24.9 Å². The average Bonchev–Trinajstić information content (AvgIpc) is 2.27. The molecule has 0 radical (unpaired) electrons. The fourth-order valence-electron chi connectivity index (χ4n) is 2.10. The molecule has 3 heteroatoms. The van der Waals surface area contributed by atoms with Gasteiger partial charge in [0.2, 0.25) is 0 Å². The summed E-state index contributed by atoms with van der Waals surface area (Å²) in [4.78, 5) is 3.79. The van der Waals surface area contributed by atoms with E-state index >= 15 is 0 Å². The number of halogens is 1. The lowest BCUT2D eigenvalue weighted by Crippen LogP contribution is -2.27. The normalized spacial score (nSPS) is 14.8. The fourth-order valence-corrected chi connectivity index (χ4v) is 2.10. The van der Waals surface area contributed by atoms with Crippen molar-refractivity contribution in [1.29, 1.82) is 0 Å². The molecule has 2 unspecified atom stereocenters. The number of hydrogen-bond donors (Lipinski definition) is 1. The standard InChI is InChI=1S/C13H21FN2/c1-4-6-10(3)13(16-5-2)11-7-8-15-9-12(11)14/h7-10,13,16H,4-6H2,1-3H3. The Morgan fingerprint density at radius 3 is 2.75 bits per heavy atom. The maximum Gasteiger partial charge on any atom is 0.146 e. The summed E-state index contributed by atoms with van der Waals surface area (Å²) in [5.41, 5.74) is 0.734. The SMILES string of the molecule is CCCC(C)C(NCC)c1ccncc1F. The van der Waals surface area contributed by atoms with Gasteiger partial charge in [0.1, 0.15) is 5.82 Å². The molecule has 1 N–H and O–H groups in total. The summed E-state index contributed by atoms with van der Waals surface area (Å²) in [6.45, 7) is 7.21. The number of rotatable bonds is 6. The zero-order chi connectivity index (χ0) is 12.0. The zero-order valence-corrected chi connectivity index (χ0v) is 10.3. The minimum atomic E-state index is -0.212. The van der Waals surface area contributed by atoms with Crippen molar-refractivity contribution in [2.24, 2.45) is 5.92 Å². The van der Waals surface area contributed by atoms with Gasteiger partial charge in [-0.1, -0.05) is 27.2 Å². The number of nitrogens with one attached hydrogen (secondary N) is 1. The lowest BCUT2D eigenvalue weighted by molar-refractivity contribution is 0.358. The molecule has 90 valence electrons. The third-order valence-corrected chi connectivity index (χ3v) is 2.88. The Kier molecular flexibility index (Phi) is 5.39. The van der Waals surface area contributed by atoms with Gasteiger partial charge in [-0.3, -0.25) is 4.98 Å². The van der Waals surface area contributed by atoms with E-state index in [-0.39, 0.29) is 11.9 Å². The third-order valence-electron chi connectivity index (χ3n) is 2.88. The van der Waals surface area contributed by atoms with Gasteiger partial charge in [-0.25, -0.2) is 4.39 Å². The average molecular weight is 224 g/mol. The van der Waals surface area contributed by atoms with Crippen molar-refractivity contribution < 1.29 is 4.39 Å². The van der Waals surface area contributed by atoms with Crippen LogP contribution in [-0.2, 0) is 0 Å². The van der Waals surface area contributed by atoms with Crippen molar-refractivity contribution in [2.75, 3.05) is 6.54 Å². The summed E-state index contributed by atoms with van der Waals surface area (Å²) in [6, 6.07) is 1.86. The van der Waals surface area contributed by atoms with E-state index in [4.69, 9.17) is 0 Å². The first-order valence-corrected chi connectivity index (χ1v) is 6.03. The number of pyridine rings is 1. The fraction of sp³-hybridized carbons (Fsp3) is 0.615. The van der Waals surface area contributed by atoms with Crippen LogP contribution in [0.25, 0.3) is 0 Å². The van der Waals surface area contributed by atoms with Crippen molar-refractivity contribution in [1.82, 2.24) is 10.3 Å². The molecule has 0 fully saturated rings.